The fourth-order valence-corrected chi connectivity index (χ4v) is 4.75. The Morgan fingerprint density at radius 2 is 1.94 bits per heavy atom. The van der Waals surface area contributed by atoms with Crippen LogP contribution >= 0.6 is 0 Å². The second kappa shape index (κ2) is 8.58. The number of imidazole rings is 1. The molecule has 35 heavy (non-hydrogen) atoms. The molecule has 0 bridgehead atoms. The molecule has 0 unspecified atom stereocenters. The van der Waals surface area contributed by atoms with Crippen LogP contribution in [-0.2, 0) is 13.2 Å². The molecule has 1 aliphatic rings. The van der Waals surface area contributed by atoms with Crippen LogP contribution in [0.5, 0.6) is 5.75 Å². The molecule has 0 spiro atoms. The lowest BCUT2D eigenvalue weighted by atomic mass is 9.96. The number of fused-ring (bicyclic) bond motifs is 2. The van der Waals surface area contributed by atoms with Gasteiger partial charge in [0.1, 0.15) is 18.1 Å². The van der Waals surface area contributed by atoms with Crippen LogP contribution in [0, 0.1) is 13.8 Å². The Morgan fingerprint density at radius 3 is 2.80 bits per heavy atom. The van der Waals surface area contributed by atoms with Gasteiger partial charge in [-0.2, -0.15) is 0 Å². The van der Waals surface area contributed by atoms with E-state index in [0.29, 0.717) is 30.5 Å². The fourth-order valence-electron chi connectivity index (χ4n) is 4.75. The number of benzene rings is 1. The highest BCUT2D eigenvalue weighted by atomic mass is 16.5. The average Bonchev–Trinajstić information content (AvgIpc) is 3.63. The van der Waals surface area contributed by atoms with E-state index in [0.717, 1.165) is 33.6 Å². The zero-order chi connectivity index (χ0) is 23.9. The van der Waals surface area contributed by atoms with Crippen LogP contribution in [-0.4, -0.2) is 19.4 Å². The Labute approximate surface area is 204 Å². The third kappa shape index (κ3) is 4.14. The molecular weight excluding hydrogens is 436 g/mol. The molecule has 0 atom stereocenters. The van der Waals surface area contributed by atoms with Gasteiger partial charge < -0.3 is 20.2 Å². The smallest absolute Gasteiger partial charge is 0.169 e. The van der Waals surface area contributed by atoms with Crippen molar-refractivity contribution in [1.82, 2.24) is 19.4 Å². The minimum Gasteiger partial charge on any atom is -0.483 e. The maximum atomic E-state index is 6.15. The van der Waals surface area contributed by atoms with Gasteiger partial charge in [0.25, 0.3) is 0 Å². The fraction of sp³-hybridized carbons (Fsp3) is 0.250. The number of nitrogens with one attached hydrogen (secondary N) is 1. The third-order valence-electron chi connectivity index (χ3n) is 6.87. The summed E-state index contributed by atoms with van der Waals surface area (Å²) in [6, 6.07) is 12.2. The van der Waals surface area contributed by atoms with Crippen LogP contribution in [0.1, 0.15) is 46.7 Å². The molecule has 4 heterocycles. The number of aryl methyl sites for hydroxylation is 2. The van der Waals surface area contributed by atoms with Crippen molar-refractivity contribution in [2.45, 2.75) is 45.8 Å². The van der Waals surface area contributed by atoms with Crippen molar-refractivity contribution >= 4 is 28.1 Å². The van der Waals surface area contributed by atoms with Gasteiger partial charge in [-0.25, -0.2) is 15.0 Å². The molecule has 1 saturated carbocycles. The molecule has 0 saturated heterocycles. The summed E-state index contributed by atoms with van der Waals surface area (Å²) in [4.78, 5) is 13.5. The van der Waals surface area contributed by atoms with Crippen LogP contribution in [0.2, 0.25) is 0 Å². The normalized spacial score (nSPS) is 13.4. The molecule has 5 aromatic rings. The van der Waals surface area contributed by atoms with Crippen molar-refractivity contribution in [2.75, 3.05) is 11.1 Å². The molecule has 3 N–H and O–H groups in total. The van der Waals surface area contributed by atoms with Crippen LogP contribution in [0.3, 0.4) is 0 Å². The minimum atomic E-state index is 0.376. The summed E-state index contributed by atoms with van der Waals surface area (Å²) in [5.74, 6) is 2.69. The molecule has 1 fully saturated rings. The lowest BCUT2D eigenvalue weighted by Gasteiger charge is -2.16. The number of aromatic nitrogens is 4. The Kier molecular flexibility index (Phi) is 5.25. The number of anilines is 2. The highest BCUT2D eigenvalue weighted by Crippen LogP contribution is 2.40. The quantitative estimate of drug-likeness (QED) is 0.328. The highest BCUT2D eigenvalue weighted by molar-refractivity contribution is 5.94. The molecule has 7 heteroatoms. The van der Waals surface area contributed by atoms with E-state index in [1.807, 2.05) is 24.4 Å². The number of hydrogen-bond acceptors (Lipinski definition) is 6. The topological polar surface area (TPSA) is 90.4 Å². The Balaban J connectivity index is 1.19. The number of nitrogen functional groups attached to an aromatic ring is 1. The summed E-state index contributed by atoms with van der Waals surface area (Å²) in [7, 11) is 0. The summed E-state index contributed by atoms with van der Waals surface area (Å²) in [6.45, 7) is 5.23. The number of nitrogens with zero attached hydrogens (tertiary/aromatic N) is 4. The first-order valence-electron chi connectivity index (χ1n) is 12.0. The molecule has 0 aliphatic heterocycles. The minimum absolute atomic E-state index is 0.376. The van der Waals surface area contributed by atoms with E-state index < -0.39 is 0 Å². The first kappa shape index (κ1) is 21.4. The maximum absolute atomic E-state index is 6.15. The van der Waals surface area contributed by atoms with E-state index in [1.165, 1.54) is 29.5 Å². The van der Waals surface area contributed by atoms with E-state index in [-0.39, 0.29) is 0 Å². The molecule has 1 aromatic carbocycles. The van der Waals surface area contributed by atoms with Crippen LogP contribution in [0.4, 0.5) is 11.6 Å². The SMILES string of the molecule is Cc1cc2c(N)nccc2c(C)c1CNc1ncccc1OCc1cn2cc(C3CC3)ccc2n1. The summed E-state index contributed by atoms with van der Waals surface area (Å²) >= 11 is 0. The molecule has 0 radical (unpaired) electrons. The Hall–Kier alpha value is -4.13. The van der Waals surface area contributed by atoms with Crippen molar-refractivity contribution in [3.05, 3.63) is 89.1 Å². The second-order valence-electron chi connectivity index (χ2n) is 9.32. The van der Waals surface area contributed by atoms with Crippen LogP contribution in [0.15, 0.2) is 61.2 Å². The summed E-state index contributed by atoms with van der Waals surface area (Å²) in [6.07, 6.45) is 10.3. The second-order valence-corrected chi connectivity index (χ2v) is 9.32. The largest absolute Gasteiger partial charge is 0.483 e. The van der Waals surface area contributed by atoms with Crippen molar-refractivity contribution in [3.63, 3.8) is 0 Å². The maximum Gasteiger partial charge on any atom is 0.169 e. The van der Waals surface area contributed by atoms with Crippen LogP contribution in [0.25, 0.3) is 16.4 Å². The van der Waals surface area contributed by atoms with Gasteiger partial charge in [-0.1, -0.05) is 6.07 Å². The van der Waals surface area contributed by atoms with Crippen molar-refractivity contribution < 1.29 is 4.74 Å². The van der Waals surface area contributed by atoms with Gasteiger partial charge in [-0.15, -0.1) is 0 Å². The van der Waals surface area contributed by atoms with Crippen molar-refractivity contribution in [3.8, 4) is 5.75 Å². The summed E-state index contributed by atoms with van der Waals surface area (Å²) in [5, 5.41) is 5.58. The summed E-state index contributed by atoms with van der Waals surface area (Å²) < 4.78 is 8.25. The van der Waals surface area contributed by atoms with E-state index in [9.17, 15) is 0 Å². The highest BCUT2D eigenvalue weighted by Gasteiger charge is 2.23. The molecule has 6 rings (SSSR count). The molecule has 0 amide bonds. The monoisotopic (exact) mass is 464 g/mol. The van der Waals surface area contributed by atoms with Gasteiger partial charge in [-0.3, -0.25) is 0 Å². The lowest BCUT2D eigenvalue weighted by molar-refractivity contribution is 0.302. The zero-order valence-corrected chi connectivity index (χ0v) is 20.0. The number of rotatable bonds is 7. The Morgan fingerprint density at radius 1 is 1.06 bits per heavy atom. The van der Waals surface area contributed by atoms with E-state index in [4.69, 9.17) is 15.5 Å². The first-order chi connectivity index (χ1) is 17.1. The number of ether oxygens (including phenoxy) is 1. The van der Waals surface area contributed by atoms with Gasteiger partial charge in [0.2, 0.25) is 0 Å². The van der Waals surface area contributed by atoms with Gasteiger partial charge in [0.05, 0.1) is 5.69 Å². The number of pyridine rings is 3. The van der Waals surface area contributed by atoms with Gasteiger partial charge in [-0.05, 0) is 90.6 Å². The predicted octanol–water partition coefficient (Wildman–Crippen LogP) is 5.55. The van der Waals surface area contributed by atoms with Gasteiger partial charge in [0.15, 0.2) is 11.6 Å². The van der Waals surface area contributed by atoms with Crippen molar-refractivity contribution in [2.24, 2.45) is 0 Å². The average molecular weight is 465 g/mol. The molecule has 7 nitrogen and oxygen atoms in total. The third-order valence-corrected chi connectivity index (χ3v) is 6.87. The summed E-state index contributed by atoms with van der Waals surface area (Å²) in [5.41, 5.74) is 12.9. The number of hydrogen-bond donors (Lipinski definition) is 2. The van der Waals surface area contributed by atoms with Gasteiger partial charge in [0, 0.05) is 36.7 Å². The van der Waals surface area contributed by atoms with E-state index in [2.05, 4.69) is 57.9 Å². The predicted molar refractivity (Wildman–Crippen MR) is 139 cm³/mol. The standard InChI is InChI=1S/C28H28N6O/c1-17-12-23-22(9-11-30-27(23)29)18(2)24(17)13-32-28-25(4-3-10-31-28)35-16-21-15-34-14-20(19-5-6-19)7-8-26(34)33-21/h3-4,7-12,14-15,19H,5-6,13,16H2,1-2H3,(H2,29,30)(H,31,32). The molecule has 176 valence electrons. The van der Waals surface area contributed by atoms with Crippen LogP contribution < -0.4 is 15.8 Å². The van der Waals surface area contributed by atoms with Gasteiger partial charge >= 0.3 is 0 Å². The van der Waals surface area contributed by atoms with E-state index >= 15 is 0 Å². The van der Waals surface area contributed by atoms with Crippen molar-refractivity contribution in [1.29, 1.82) is 0 Å². The molecule has 4 aromatic heterocycles. The molecular formula is C28H28N6O. The van der Waals surface area contributed by atoms with E-state index in [1.54, 1.807) is 12.4 Å². The number of nitrogens with two attached hydrogens (primary N) is 1. The zero-order valence-electron chi connectivity index (χ0n) is 20.0. The molecule has 1 aliphatic carbocycles. The lowest BCUT2D eigenvalue weighted by Crippen LogP contribution is -2.08. The first-order valence-corrected chi connectivity index (χ1v) is 12.0. The Bertz CT molecular complexity index is 1550.